The number of amides is 4. The lowest BCUT2D eigenvalue weighted by atomic mass is 10.1. The highest BCUT2D eigenvalue weighted by Gasteiger charge is 2.47. The smallest absolute Gasteiger partial charge is 0.416 e. The summed E-state index contributed by atoms with van der Waals surface area (Å²) in [7, 11) is 3.55. The molecule has 2 saturated heterocycles. The van der Waals surface area contributed by atoms with Crippen LogP contribution in [0.3, 0.4) is 0 Å². The van der Waals surface area contributed by atoms with Crippen molar-refractivity contribution in [2.75, 3.05) is 41.9 Å². The van der Waals surface area contributed by atoms with Crippen molar-refractivity contribution in [1.82, 2.24) is 14.0 Å². The van der Waals surface area contributed by atoms with Crippen LogP contribution >= 0.6 is 0 Å². The first-order valence-electron chi connectivity index (χ1n) is 20.4. The van der Waals surface area contributed by atoms with Gasteiger partial charge in [-0.1, -0.05) is 24.8 Å². The summed E-state index contributed by atoms with van der Waals surface area (Å²) in [5, 5.41) is 5.76. The van der Waals surface area contributed by atoms with E-state index in [1.54, 1.807) is 57.6 Å². The van der Waals surface area contributed by atoms with Gasteiger partial charge in [0.25, 0.3) is 11.8 Å². The van der Waals surface area contributed by atoms with Gasteiger partial charge in [0.15, 0.2) is 18.3 Å². The van der Waals surface area contributed by atoms with E-state index in [9.17, 15) is 24.0 Å². The lowest BCUT2D eigenvalue weighted by Gasteiger charge is -2.38. The zero-order valence-corrected chi connectivity index (χ0v) is 34.5. The van der Waals surface area contributed by atoms with Crippen molar-refractivity contribution >= 4 is 46.7 Å². The van der Waals surface area contributed by atoms with E-state index < -0.39 is 24.7 Å². The van der Waals surface area contributed by atoms with E-state index in [4.69, 9.17) is 18.9 Å². The summed E-state index contributed by atoms with van der Waals surface area (Å²) >= 11 is 0. The second kappa shape index (κ2) is 18.4. The highest BCUT2D eigenvalue weighted by atomic mass is 16.7. The van der Waals surface area contributed by atoms with Gasteiger partial charge in [-0.25, -0.2) is 9.69 Å². The predicted molar refractivity (Wildman–Crippen MR) is 225 cm³/mol. The molecule has 0 aliphatic carbocycles. The van der Waals surface area contributed by atoms with Crippen LogP contribution in [0.2, 0.25) is 0 Å². The monoisotopic (exact) mass is 820 g/mol. The van der Waals surface area contributed by atoms with Crippen LogP contribution in [-0.2, 0) is 33.1 Å². The molecule has 0 radical (unpaired) electrons. The molecule has 2 aromatic heterocycles. The number of ketones is 1. The molecule has 15 heteroatoms. The number of Topliss-reactive ketones (excluding diaryl/α,β-unsaturated/α-hetero) is 1. The Morgan fingerprint density at radius 2 is 1.70 bits per heavy atom. The molecule has 15 nitrogen and oxygen atoms in total. The Labute approximate surface area is 349 Å². The number of hydrogen-bond donors (Lipinski definition) is 2. The number of hydrogen-bond acceptors (Lipinski definition) is 9. The van der Waals surface area contributed by atoms with Crippen LogP contribution in [-0.4, -0.2) is 88.6 Å². The Kier molecular flexibility index (Phi) is 12.9. The van der Waals surface area contributed by atoms with Crippen molar-refractivity contribution in [3.8, 4) is 16.9 Å². The number of nitrogens with zero attached hydrogens (tertiary/aromatic N) is 4. The van der Waals surface area contributed by atoms with E-state index in [1.807, 2.05) is 38.4 Å². The molecule has 2 aromatic carbocycles. The number of carbonyl (C=O) groups excluding carboxylic acids is 5. The van der Waals surface area contributed by atoms with Crippen molar-refractivity contribution in [3.05, 3.63) is 96.1 Å². The lowest BCUT2D eigenvalue weighted by molar-refractivity contribution is -0.195. The zero-order chi connectivity index (χ0) is 42.5. The number of fused-ring (bicyclic) bond motifs is 2. The van der Waals surface area contributed by atoms with Crippen LogP contribution in [0.1, 0.15) is 88.8 Å². The molecule has 2 N–H and O–H groups in total. The first-order chi connectivity index (χ1) is 28.9. The first kappa shape index (κ1) is 42.0. The van der Waals surface area contributed by atoms with Gasteiger partial charge in [0.1, 0.15) is 18.1 Å². The molecule has 0 spiro atoms. The molecule has 7 rings (SSSR count). The Hall–Kier alpha value is -6.19. The summed E-state index contributed by atoms with van der Waals surface area (Å²) in [5.74, 6) is -0.359. The third-order valence-electron chi connectivity index (χ3n) is 11.0. The second-order valence-electron chi connectivity index (χ2n) is 15.4. The third-order valence-corrected chi connectivity index (χ3v) is 11.0. The minimum absolute atomic E-state index is 0.0167. The first-order valence-corrected chi connectivity index (χ1v) is 20.4. The maximum atomic E-state index is 14.0. The van der Waals surface area contributed by atoms with Crippen molar-refractivity contribution < 1.29 is 42.9 Å². The summed E-state index contributed by atoms with van der Waals surface area (Å²) in [4.78, 5) is 69.2. The molecule has 4 amide bonds. The van der Waals surface area contributed by atoms with E-state index in [1.165, 1.54) is 17.9 Å². The van der Waals surface area contributed by atoms with Gasteiger partial charge in [-0.05, 0) is 86.9 Å². The fraction of sp³-hybridized carbons (Fsp3) is 0.400. The fourth-order valence-electron chi connectivity index (χ4n) is 8.05. The van der Waals surface area contributed by atoms with E-state index in [-0.39, 0.29) is 43.1 Å². The summed E-state index contributed by atoms with van der Waals surface area (Å²) in [6.45, 7) is 8.29. The molecule has 2 unspecified atom stereocenters. The molecule has 3 aliphatic rings. The van der Waals surface area contributed by atoms with E-state index in [0.29, 0.717) is 77.7 Å². The van der Waals surface area contributed by atoms with E-state index in [0.717, 1.165) is 30.4 Å². The standard InChI is InChI=1S/C45H52N6O9/c1-6-19-59-45(56)51-37-25-39(28(2)22-34(37)43(55)50-18-9-11-35(50)44(51)60-41-13-7-8-20-58-41)57-21-10-12-40(53)46-33-24-38(49(5)27-33)42(54)47-32-16-14-30(15-17-32)31-23-36(29(3)52)48(4)26-31/h6,14-17,22-27,35,41,44H,1,7-13,18-21H2,2-5H3,(H,46,53)(H,47,54)/t35-,41?,44?/m0/s1. The van der Waals surface area contributed by atoms with Gasteiger partial charge in [0.2, 0.25) is 5.91 Å². The molecule has 316 valence electrons. The number of carbonyl (C=O) groups is 5. The summed E-state index contributed by atoms with van der Waals surface area (Å²) in [5.41, 5.74) is 5.20. The number of aryl methyl sites for hydroxylation is 3. The Bertz CT molecular complexity index is 2270. The Balaban J connectivity index is 0.975. The van der Waals surface area contributed by atoms with Gasteiger partial charge < -0.3 is 43.6 Å². The van der Waals surface area contributed by atoms with Gasteiger partial charge >= 0.3 is 6.09 Å². The molecule has 5 heterocycles. The van der Waals surface area contributed by atoms with Crippen LogP contribution in [0.5, 0.6) is 5.75 Å². The molecule has 4 aromatic rings. The van der Waals surface area contributed by atoms with Gasteiger partial charge in [-0.15, -0.1) is 0 Å². The van der Waals surface area contributed by atoms with Gasteiger partial charge in [0.05, 0.1) is 35.3 Å². The quantitative estimate of drug-likeness (QED) is 0.0761. The van der Waals surface area contributed by atoms with Crippen molar-refractivity contribution in [1.29, 1.82) is 0 Å². The van der Waals surface area contributed by atoms with E-state index >= 15 is 0 Å². The summed E-state index contributed by atoms with van der Waals surface area (Å²) < 4.78 is 27.6. The van der Waals surface area contributed by atoms with Gasteiger partial charge in [-0.2, -0.15) is 0 Å². The molecule has 0 bridgehead atoms. The van der Waals surface area contributed by atoms with Crippen LogP contribution in [0.25, 0.3) is 11.1 Å². The number of aromatic nitrogens is 2. The Morgan fingerprint density at radius 3 is 2.42 bits per heavy atom. The number of ether oxygens (including phenoxy) is 4. The summed E-state index contributed by atoms with van der Waals surface area (Å²) in [6.07, 6.45) is 7.45. The number of rotatable bonds is 14. The van der Waals surface area contributed by atoms with Crippen LogP contribution in [0.4, 0.5) is 21.9 Å². The minimum Gasteiger partial charge on any atom is -0.493 e. The molecule has 3 atom stereocenters. The number of benzene rings is 2. The minimum atomic E-state index is -0.850. The topological polar surface area (TPSA) is 163 Å². The molecular formula is C45H52N6O9. The maximum Gasteiger partial charge on any atom is 0.416 e. The highest BCUT2D eigenvalue weighted by Crippen LogP contribution is 2.40. The van der Waals surface area contributed by atoms with Crippen molar-refractivity contribution in [2.45, 2.75) is 77.4 Å². The number of nitrogens with one attached hydrogen (secondary N) is 2. The van der Waals surface area contributed by atoms with Crippen LogP contribution < -0.4 is 20.3 Å². The average molecular weight is 821 g/mol. The zero-order valence-electron chi connectivity index (χ0n) is 34.5. The van der Waals surface area contributed by atoms with Crippen LogP contribution in [0.15, 0.2) is 73.6 Å². The van der Waals surface area contributed by atoms with Crippen molar-refractivity contribution in [2.24, 2.45) is 14.1 Å². The number of anilines is 3. The third kappa shape index (κ3) is 9.16. The van der Waals surface area contributed by atoms with Crippen LogP contribution in [0, 0.1) is 6.92 Å². The molecule has 0 saturated carbocycles. The largest absolute Gasteiger partial charge is 0.493 e. The SMILES string of the molecule is C=CCOC(=O)N1c2cc(OCCCC(=O)Nc3cc(C(=O)Nc4ccc(-c5cc(C(C)=O)n(C)c5)cc4)n(C)c3)c(C)cc2C(=O)N2CCC[C@H]2C1OC1CCCCO1. The lowest BCUT2D eigenvalue weighted by Crippen LogP contribution is -2.54. The van der Waals surface area contributed by atoms with Gasteiger partial charge in [0, 0.05) is 70.3 Å². The highest BCUT2D eigenvalue weighted by molar-refractivity contribution is 6.06. The second-order valence-corrected chi connectivity index (χ2v) is 15.4. The maximum absolute atomic E-state index is 14.0. The molecule has 60 heavy (non-hydrogen) atoms. The van der Waals surface area contributed by atoms with Crippen molar-refractivity contribution in [3.63, 3.8) is 0 Å². The molecule has 3 aliphatic heterocycles. The molecular weight excluding hydrogens is 769 g/mol. The average Bonchev–Trinajstić information content (AvgIpc) is 3.96. The Morgan fingerprint density at radius 1 is 0.917 bits per heavy atom. The summed E-state index contributed by atoms with van der Waals surface area (Å²) in [6, 6.07) is 13.8. The predicted octanol–water partition coefficient (Wildman–Crippen LogP) is 7.21. The molecule has 2 fully saturated rings. The van der Waals surface area contributed by atoms with E-state index in [2.05, 4.69) is 17.2 Å². The normalized spacial score (nSPS) is 18.6. The van der Waals surface area contributed by atoms with Gasteiger partial charge in [-0.3, -0.25) is 19.2 Å². The fourth-order valence-corrected chi connectivity index (χ4v) is 8.05.